The number of halogens is 1. The lowest BCUT2D eigenvalue weighted by Gasteiger charge is -2.17. The van der Waals surface area contributed by atoms with Crippen molar-refractivity contribution in [2.75, 3.05) is 13.2 Å². The average molecular weight is 402 g/mol. The molecule has 8 heteroatoms. The van der Waals surface area contributed by atoms with Crippen LogP contribution in [0.1, 0.15) is 29.4 Å². The van der Waals surface area contributed by atoms with Gasteiger partial charge in [-0.2, -0.15) is 4.57 Å². The maximum absolute atomic E-state index is 11.3. The van der Waals surface area contributed by atoms with Crippen LogP contribution in [0.25, 0.3) is 0 Å². The normalized spacial score (nSPS) is 25.7. The Hall–Kier alpha value is -1.50. The highest BCUT2D eigenvalue weighted by Crippen LogP contribution is 2.28. The van der Waals surface area contributed by atoms with Crippen LogP contribution in [0.4, 0.5) is 0 Å². The van der Waals surface area contributed by atoms with E-state index in [1.165, 1.54) is 6.20 Å². The molecule has 24 heavy (non-hydrogen) atoms. The fourth-order valence-electron chi connectivity index (χ4n) is 2.48. The predicted octanol–water partition coefficient (Wildman–Crippen LogP) is -0.300. The standard InChI is InChI=1S/C16H20N2O5.BrH/c1-2-3-4-8-22-14-13(20)12(10-19)23-16(14)18-7-5-6-11(9-18)15(17)21;/h1,5-7,9,12-14,16,19-20H,3-4,8,10H2,(H-,17,21);1H/p+1/t12-,13-,14-,16?;/m1./s1. The van der Waals surface area contributed by atoms with Gasteiger partial charge in [-0.3, -0.25) is 4.79 Å². The monoisotopic (exact) mass is 401 g/mol. The maximum Gasteiger partial charge on any atom is 0.292 e. The van der Waals surface area contributed by atoms with Crippen molar-refractivity contribution >= 4 is 22.9 Å². The third kappa shape index (κ3) is 4.75. The van der Waals surface area contributed by atoms with Crippen molar-refractivity contribution in [2.24, 2.45) is 5.73 Å². The molecular weight excluding hydrogens is 380 g/mol. The van der Waals surface area contributed by atoms with E-state index in [1.54, 1.807) is 22.9 Å². The van der Waals surface area contributed by atoms with Crippen molar-refractivity contribution in [1.82, 2.24) is 0 Å². The number of aliphatic hydroxyl groups is 2. The van der Waals surface area contributed by atoms with Crippen molar-refractivity contribution in [3.8, 4) is 12.3 Å². The molecule has 1 aromatic rings. The molecule has 132 valence electrons. The Bertz CT molecular complexity index is 592. The molecule has 1 aliphatic rings. The number of unbranched alkanes of at least 4 members (excludes halogenated alkanes) is 1. The zero-order chi connectivity index (χ0) is 16.8. The summed E-state index contributed by atoms with van der Waals surface area (Å²) in [6.45, 7) is 0.0258. The molecule has 2 heterocycles. The molecule has 0 radical (unpaired) electrons. The van der Waals surface area contributed by atoms with Gasteiger partial charge in [0.05, 0.1) is 6.61 Å². The lowest BCUT2D eigenvalue weighted by Crippen LogP contribution is -2.47. The van der Waals surface area contributed by atoms with Crippen LogP contribution >= 0.6 is 17.0 Å². The Kier molecular flexibility index (Phi) is 8.31. The van der Waals surface area contributed by atoms with Gasteiger partial charge in [0, 0.05) is 19.1 Å². The van der Waals surface area contributed by atoms with Crippen molar-refractivity contribution in [3.05, 3.63) is 30.1 Å². The minimum Gasteiger partial charge on any atom is -0.394 e. The average Bonchev–Trinajstić information content (AvgIpc) is 2.88. The number of primary amides is 1. The van der Waals surface area contributed by atoms with Crippen LogP contribution in [0.3, 0.4) is 0 Å². The molecule has 0 bridgehead atoms. The van der Waals surface area contributed by atoms with Gasteiger partial charge in [-0.1, -0.05) is 0 Å². The number of nitrogens with zero attached hydrogens (tertiary/aromatic N) is 1. The van der Waals surface area contributed by atoms with E-state index in [-0.39, 0.29) is 23.6 Å². The summed E-state index contributed by atoms with van der Waals surface area (Å²) in [7, 11) is 0. The summed E-state index contributed by atoms with van der Waals surface area (Å²) in [4.78, 5) is 11.3. The van der Waals surface area contributed by atoms with E-state index in [1.807, 2.05) is 0 Å². The zero-order valence-corrected chi connectivity index (χ0v) is 14.8. The van der Waals surface area contributed by atoms with Crippen molar-refractivity contribution < 1.29 is 29.0 Å². The Labute approximate surface area is 151 Å². The van der Waals surface area contributed by atoms with Gasteiger partial charge in [0.25, 0.3) is 12.1 Å². The number of aliphatic hydroxyl groups excluding tert-OH is 2. The molecule has 7 nitrogen and oxygen atoms in total. The Balaban J connectivity index is 0.00000288. The molecule has 1 amide bonds. The van der Waals surface area contributed by atoms with E-state index in [9.17, 15) is 15.0 Å². The Morgan fingerprint density at radius 2 is 2.29 bits per heavy atom. The molecule has 1 fully saturated rings. The number of terminal acetylenes is 1. The fraction of sp³-hybridized carbons (Fsp3) is 0.500. The highest BCUT2D eigenvalue weighted by Gasteiger charge is 2.49. The summed E-state index contributed by atoms with van der Waals surface area (Å²) in [5.74, 6) is 1.95. The van der Waals surface area contributed by atoms with Crippen LogP contribution in [0, 0.1) is 12.3 Å². The number of aromatic nitrogens is 1. The number of rotatable bonds is 7. The minimum atomic E-state index is -0.986. The van der Waals surface area contributed by atoms with Crippen LogP contribution in [-0.4, -0.2) is 47.6 Å². The number of hydrogen-bond acceptors (Lipinski definition) is 5. The number of nitrogens with two attached hydrogens (primary N) is 1. The first-order valence-corrected chi connectivity index (χ1v) is 7.38. The lowest BCUT2D eigenvalue weighted by molar-refractivity contribution is -0.766. The second-order valence-corrected chi connectivity index (χ2v) is 5.29. The molecule has 1 unspecified atom stereocenters. The van der Waals surface area contributed by atoms with Gasteiger partial charge in [0.15, 0.2) is 18.5 Å². The highest BCUT2D eigenvalue weighted by atomic mass is 79.9. The van der Waals surface area contributed by atoms with Crippen LogP contribution < -0.4 is 10.3 Å². The predicted molar refractivity (Wildman–Crippen MR) is 90.3 cm³/mol. The van der Waals surface area contributed by atoms with E-state index in [2.05, 4.69) is 5.92 Å². The first-order chi connectivity index (χ1) is 11.1. The molecule has 0 saturated carbocycles. The van der Waals surface area contributed by atoms with Crippen molar-refractivity contribution in [3.63, 3.8) is 0 Å². The molecule has 1 saturated heterocycles. The molecule has 0 aliphatic carbocycles. The van der Waals surface area contributed by atoms with Gasteiger partial charge in [0.1, 0.15) is 17.8 Å². The van der Waals surface area contributed by atoms with E-state index >= 15 is 0 Å². The van der Waals surface area contributed by atoms with E-state index < -0.39 is 30.4 Å². The minimum absolute atomic E-state index is 0. The van der Waals surface area contributed by atoms with Gasteiger partial charge >= 0.3 is 0 Å². The highest BCUT2D eigenvalue weighted by molar-refractivity contribution is 8.93. The molecule has 2 rings (SSSR count). The largest absolute Gasteiger partial charge is 0.394 e. The first kappa shape index (κ1) is 20.5. The topological polar surface area (TPSA) is 106 Å². The summed E-state index contributed by atoms with van der Waals surface area (Å²) < 4.78 is 13.0. The summed E-state index contributed by atoms with van der Waals surface area (Å²) >= 11 is 0. The van der Waals surface area contributed by atoms with Gasteiger partial charge in [0.2, 0.25) is 0 Å². The van der Waals surface area contributed by atoms with Crippen LogP contribution in [-0.2, 0) is 9.47 Å². The number of hydrogen-bond donors (Lipinski definition) is 3. The number of amides is 1. The van der Waals surface area contributed by atoms with Crippen molar-refractivity contribution in [1.29, 1.82) is 0 Å². The second-order valence-electron chi connectivity index (χ2n) is 5.29. The Morgan fingerprint density at radius 3 is 2.92 bits per heavy atom. The van der Waals surface area contributed by atoms with Crippen LogP contribution in [0.2, 0.25) is 0 Å². The van der Waals surface area contributed by atoms with Gasteiger partial charge in [-0.15, -0.1) is 29.3 Å². The second kappa shape index (κ2) is 9.71. The molecule has 0 spiro atoms. The van der Waals surface area contributed by atoms with Crippen LogP contribution in [0.5, 0.6) is 0 Å². The molecule has 4 N–H and O–H groups in total. The summed E-state index contributed by atoms with van der Waals surface area (Å²) in [6.07, 6.45) is 6.53. The summed E-state index contributed by atoms with van der Waals surface area (Å²) in [5.41, 5.74) is 5.59. The van der Waals surface area contributed by atoms with Gasteiger partial charge < -0.3 is 25.4 Å². The quantitative estimate of drug-likeness (QED) is 0.330. The lowest BCUT2D eigenvalue weighted by atomic mass is 10.1. The summed E-state index contributed by atoms with van der Waals surface area (Å²) in [6, 6.07) is 3.23. The Morgan fingerprint density at radius 1 is 1.54 bits per heavy atom. The van der Waals surface area contributed by atoms with Gasteiger partial charge in [-0.25, -0.2) is 0 Å². The smallest absolute Gasteiger partial charge is 0.292 e. The zero-order valence-electron chi connectivity index (χ0n) is 13.1. The maximum atomic E-state index is 11.3. The number of ether oxygens (including phenoxy) is 2. The molecular formula is C16H22BrN2O5+. The van der Waals surface area contributed by atoms with Crippen LogP contribution in [0.15, 0.2) is 24.5 Å². The van der Waals surface area contributed by atoms with Crippen molar-refractivity contribution in [2.45, 2.75) is 37.4 Å². The third-order valence-corrected chi connectivity index (χ3v) is 3.67. The molecule has 1 aliphatic heterocycles. The van der Waals surface area contributed by atoms with Gasteiger partial charge in [-0.05, 0) is 12.5 Å². The number of pyridine rings is 1. The number of carbonyl (C=O) groups is 1. The first-order valence-electron chi connectivity index (χ1n) is 7.38. The number of carbonyl (C=O) groups excluding carboxylic acids is 1. The molecule has 1 aromatic heterocycles. The third-order valence-electron chi connectivity index (χ3n) is 3.67. The molecule has 4 atom stereocenters. The fourth-order valence-corrected chi connectivity index (χ4v) is 2.48. The van der Waals surface area contributed by atoms with E-state index in [4.69, 9.17) is 21.6 Å². The van der Waals surface area contributed by atoms with E-state index in [0.29, 0.717) is 25.0 Å². The van der Waals surface area contributed by atoms with E-state index in [0.717, 1.165) is 0 Å². The molecule has 0 aromatic carbocycles. The SMILES string of the molecule is Br.C#CCCCO[C@H]1C([n+]2cccc(C(N)=O)c2)O[C@H](CO)[C@H]1O. The summed E-state index contributed by atoms with van der Waals surface area (Å²) in [5, 5.41) is 19.6.